The van der Waals surface area contributed by atoms with Crippen LogP contribution in [0.25, 0.3) is 0 Å². The van der Waals surface area contributed by atoms with Crippen LogP contribution in [0.5, 0.6) is 0 Å². The zero-order chi connectivity index (χ0) is 12.5. The van der Waals surface area contributed by atoms with Crippen molar-refractivity contribution in [3.63, 3.8) is 0 Å². The summed E-state index contributed by atoms with van der Waals surface area (Å²) in [4.78, 5) is 11.9. The van der Waals surface area contributed by atoms with E-state index in [-0.39, 0.29) is 23.5 Å². The van der Waals surface area contributed by atoms with Gasteiger partial charge in [-0.1, -0.05) is 17.7 Å². The smallest absolute Gasteiger partial charge is 0.251 e. The minimum atomic E-state index is -2.95. The lowest BCUT2D eigenvalue weighted by Gasteiger charge is -2.10. The van der Waals surface area contributed by atoms with Crippen molar-refractivity contribution in [2.75, 3.05) is 11.5 Å². The van der Waals surface area contributed by atoms with E-state index in [1.807, 2.05) is 19.1 Å². The van der Waals surface area contributed by atoms with Crippen LogP contribution < -0.4 is 5.32 Å². The molecule has 0 unspecified atom stereocenters. The summed E-state index contributed by atoms with van der Waals surface area (Å²) in [7, 11) is -2.95. The monoisotopic (exact) mass is 253 g/mol. The standard InChI is InChI=1S/C12H15NO3S/c1-9-3-2-4-10(7-9)12(14)13-11-5-6-17(15,16)8-11/h2-4,7,11H,5-6,8H2,1H3,(H,13,14)/t11-/m1/s1. The van der Waals surface area contributed by atoms with Crippen LogP contribution in [0, 0.1) is 6.92 Å². The van der Waals surface area contributed by atoms with Crippen molar-refractivity contribution in [1.82, 2.24) is 5.32 Å². The number of rotatable bonds is 2. The predicted octanol–water partition coefficient (Wildman–Crippen LogP) is 0.912. The van der Waals surface area contributed by atoms with Gasteiger partial charge in [-0.3, -0.25) is 4.79 Å². The predicted molar refractivity (Wildman–Crippen MR) is 65.7 cm³/mol. The molecule has 17 heavy (non-hydrogen) atoms. The number of amides is 1. The van der Waals surface area contributed by atoms with Crippen molar-refractivity contribution in [3.05, 3.63) is 35.4 Å². The van der Waals surface area contributed by atoms with E-state index in [1.165, 1.54) is 0 Å². The quantitative estimate of drug-likeness (QED) is 0.852. The Hall–Kier alpha value is -1.36. The molecule has 0 bridgehead atoms. The Morgan fingerprint density at radius 2 is 2.18 bits per heavy atom. The molecule has 1 heterocycles. The highest BCUT2D eigenvalue weighted by atomic mass is 32.2. The second kappa shape index (κ2) is 4.49. The Kier molecular flexibility index (Phi) is 3.19. The fourth-order valence-corrected chi connectivity index (χ4v) is 3.64. The van der Waals surface area contributed by atoms with Gasteiger partial charge in [-0.15, -0.1) is 0 Å². The van der Waals surface area contributed by atoms with Crippen molar-refractivity contribution in [1.29, 1.82) is 0 Å². The molecule has 1 amide bonds. The molecule has 2 rings (SSSR count). The molecule has 1 aliphatic heterocycles. The van der Waals surface area contributed by atoms with Crippen LogP contribution in [0.4, 0.5) is 0 Å². The summed E-state index contributed by atoms with van der Waals surface area (Å²) in [6, 6.07) is 7.00. The Morgan fingerprint density at radius 1 is 1.41 bits per heavy atom. The molecule has 1 fully saturated rings. The van der Waals surface area contributed by atoms with Crippen molar-refractivity contribution in [3.8, 4) is 0 Å². The highest BCUT2D eigenvalue weighted by Gasteiger charge is 2.29. The van der Waals surface area contributed by atoms with E-state index in [2.05, 4.69) is 5.32 Å². The summed E-state index contributed by atoms with van der Waals surface area (Å²) in [6.07, 6.45) is 0.514. The Labute approximate surface area is 101 Å². The van der Waals surface area contributed by atoms with Crippen LogP contribution >= 0.6 is 0 Å². The van der Waals surface area contributed by atoms with Gasteiger partial charge < -0.3 is 5.32 Å². The van der Waals surface area contributed by atoms with Crippen LogP contribution in [0.3, 0.4) is 0 Å². The van der Waals surface area contributed by atoms with Crippen LogP contribution in [0.15, 0.2) is 24.3 Å². The molecule has 1 aromatic carbocycles. The number of nitrogens with one attached hydrogen (secondary N) is 1. The zero-order valence-corrected chi connectivity index (χ0v) is 10.5. The minimum Gasteiger partial charge on any atom is -0.348 e. The van der Waals surface area contributed by atoms with Gasteiger partial charge in [0.05, 0.1) is 11.5 Å². The maximum Gasteiger partial charge on any atom is 0.251 e. The van der Waals surface area contributed by atoms with Crippen molar-refractivity contribution in [2.24, 2.45) is 0 Å². The molecule has 1 saturated heterocycles. The molecule has 0 aliphatic carbocycles. The number of benzene rings is 1. The van der Waals surface area contributed by atoms with Gasteiger partial charge in [-0.25, -0.2) is 8.42 Å². The average Bonchev–Trinajstić information content (AvgIpc) is 2.58. The van der Waals surface area contributed by atoms with Crippen LogP contribution in [0.1, 0.15) is 22.3 Å². The third-order valence-electron chi connectivity index (χ3n) is 2.85. The molecule has 1 atom stereocenters. The molecule has 1 N–H and O–H groups in total. The molecular formula is C12H15NO3S. The van der Waals surface area contributed by atoms with E-state index in [0.717, 1.165) is 5.56 Å². The summed E-state index contributed by atoms with van der Waals surface area (Å²) in [6.45, 7) is 1.91. The van der Waals surface area contributed by atoms with Gasteiger partial charge in [0.15, 0.2) is 9.84 Å². The van der Waals surface area contributed by atoms with Gasteiger partial charge in [0.2, 0.25) is 0 Å². The molecule has 5 heteroatoms. The lowest BCUT2D eigenvalue weighted by molar-refractivity contribution is 0.0941. The first-order chi connectivity index (χ1) is 7.96. The number of sulfone groups is 1. The Bertz CT molecular complexity index is 536. The van der Waals surface area contributed by atoms with E-state index >= 15 is 0 Å². The number of carbonyl (C=O) groups excluding carboxylic acids is 1. The summed E-state index contributed by atoms with van der Waals surface area (Å²) >= 11 is 0. The van der Waals surface area contributed by atoms with Gasteiger partial charge in [-0.05, 0) is 25.5 Å². The first-order valence-corrected chi connectivity index (χ1v) is 7.36. The van der Waals surface area contributed by atoms with Crippen molar-refractivity contribution >= 4 is 15.7 Å². The first kappa shape index (κ1) is 12.1. The van der Waals surface area contributed by atoms with Gasteiger partial charge in [-0.2, -0.15) is 0 Å². The van der Waals surface area contributed by atoms with Gasteiger partial charge in [0.25, 0.3) is 5.91 Å². The molecule has 0 radical (unpaired) electrons. The number of hydrogen-bond acceptors (Lipinski definition) is 3. The lowest BCUT2D eigenvalue weighted by atomic mass is 10.1. The van der Waals surface area contributed by atoms with Crippen LogP contribution in [-0.4, -0.2) is 31.9 Å². The summed E-state index contributed by atoms with van der Waals surface area (Å²) in [5.74, 6) is 0.0341. The van der Waals surface area contributed by atoms with Crippen LogP contribution in [0.2, 0.25) is 0 Å². The van der Waals surface area contributed by atoms with Crippen molar-refractivity contribution in [2.45, 2.75) is 19.4 Å². The van der Waals surface area contributed by atoms with E-state index in [4.69, 9.17) is 0 Å². The van der Waals surface area contributed by atoms with Crippen molar-refractivity contribution < 1.29 is 13.2 Å². The minimum absolute atomic E-state index is 0.0601. The highest BCUT2D eigenvalue weighted by Crippen LogP contribution is 2.12. The molecule has 1 aliphatic rings. The SMILES string of the molecule is Cc1cccc(C(=O)N[C@@H]2CCS(=O)(=O)C2)c1. The number of aryl methyl sites for hydroxylation is 1. The summed E-state index contributed by atoms with van der Waals surface area (Å²) in [5.41, 5.74) is 1.59. The topological polar surface area (TPSA) is 63.2 Å². The fourth-order valence-electron chi connectivity index (χ4n) is 1.96. The third-order valence-corrected chi connectivity index (χ3v) is 4.62. The summed E-state index contributed by atoms with van der Waals surface area (Å²) < 4.78 is 22.5. The maximum absolute atomic E-state index is 11.9. The molecule has 0 aromatic heterocycles. The van der Waals surface area contributed by atoms with E-state index in [9.17, 15) is 13.2 Å². The average molecular weight is 253 g/mol. The fraction of sp³-hybridized carbons (Fsp3) is 0.417. The lowest BCUT2D eigenvalue weighted by Crippen LogP contribution is -2.35. The van der Waals surface area contributed by atoms with E-state index in [0.29, 0.717) is 12.0 Å². The van der Waals surface area contributed by atoms with E-state index < -0.39 is 9.84 Å². The molecule has 1 aromatic rings. The van der Waals surface area contributed by atoms with E-state index in [1.54, 1.807) is 12.1 Å². The molecule has 0 saturated carbocycles. The number of carbonyl (C=O) groups is 1. The highest BCUT2D eigenvalue weighted by molar-refractivity contribution is 7.91. The van der Waals surface area contributed by atoms with Crippen LogP contribution in [-0.2, 0) is 9.84 Å². The molecular weight excluding hydrogens is 238 g/mol. The zero-order valence-electron chi connectivity index (χ0n) is 9.64. The normalized spacial score (nSPS) is 22.3. The first-order valence-electron chi connectivity index (χ1n) is 5.54. The molecule has 4 nitrogen and oxygen atoms in total. The van der Waals surface area contributed by atoms with Gasteiger partial charge >= 0.3 is 0 Å². The maximum atomic E-state index is 11.9. The largest absolute Gasteiger partial charge is 0.348 e. The Morgan fingerprint density at radius 3 is 2.76 bits per heavy atom. The Balaban J connectivity index is 2.03. The van der Waals surface area contributed by atoms with Gasteiger partial charge in [0, 0.05) is 11.6 Å². The second-order valence-corrected chi connectivity index (χ2v) is 6.67. The second-order valence-electron chi connectivity index (χ2n) is 4.44. The third kappa shape index (κ3) is 3.06. The molecule has 0 spiro atoms. The molecule has 92 valence electrons. The van der Waals surface area contributed by atoms with Gasteiger partial charge in [0.1, 0.15) is 0 Å². The number of hydrogen-bond donors (Lipinski definition) is 1. The summed E-state index contributed by atoms with van der Waals surface area (Å²) in [5, 5.41) is 2.76.